The highest BCUT2D eigenvalue weighted by Gasteiger charge is 2.34. The van der Waals surface area contributed by atoms with Crippen LogP contribution in [0, 0.1) is 0 Å². The summed E-state index contributed by atoms with van der Waals surface area (Å²) >= 11 is 6.14. The summed E-state index contributed by atoms with van der Waals surface area (Å²) in [7, 11) is 0. The Labute approximate surface area is 142 Å². The summed E-state index contributed by atoms with van der Waals surface area (Å²) in [4.78, 5) is 38.6. The summed E-state index contributed by atoms with van der Waals surface area (Å²) in [5.41, 5.74) is 0.708. The highest BCUT2D eigenvalue weighted by atomic mass is 35.5. The molecular formula is C15H16ClN3O5. The second-order valence-corrected chi connectivity index (χ2v) is 5.88. The zero-order valence-corrected chi connectivity index (χ0v) is 13.5. The molecule has 1 aromatic carbocycles. The van der Waals surface area contributed by atoms with E-state index in [9.17, 15) is 19.5 Å². The summed E-state index contributed by atoms with van der Waals surface area (Å²) < 4.78 is 5.14. The summed E-state index contributed by atoms with van der Waals surface area (Å²) in [6, 6.07) is 3.40. The van der Waals surface area contributed by atoms with Crippen LogP contribution in [0.5, 0.6) is 0 Å². The van der Waals surface area contributed by atoms with Crippen molar-refractivity contribution in [3.63, 3.8) is 0 Å². The molecule has 1 aromatic rings. The van der Waals surface area contributed by atoms with Gasteiger partial charge in [-0.1, -0.05) is 11.6 Å². The molecule has 8 nitrogen and oxygen atoms in total. The van der Waals surface area contributed by atoms with Crippen molar-refractivity contribution < 1.29 is 24.2 Å². The number of carboxylic acids is 1. The quantitative estimate of drug-likeness (QED) is 0.837. The van der Waals surface area contributed by atoms with Gasteiger partial charge in [0.15, 0.2) is 6.04 Å². The minimum absolute atomic E-state index is 0.0626. The molecular weight excluding hydrogens is 338 g/mol. The summed E-state index contributed by atoms with van der Waals surface area (Å²) in [5.74, 6) is -1.62. The number of carbonyl (C=O) groups excluding carboxylic acids is 2. The third-order valence-electron chi connectivity index (χ3n) is 4.02. The smallest absolute Gasteiger partial charge is 0.328 e. The number of carboxylic acid groups (broad SMARTS) is 1. The molecule has 1 unspecified atom stereocenters. The molecule has 2 saturated heterocycles. The predicted molar refractivity (Wildman–Crippen MR) is 85.5 cm³/mol. The molecule has 0 radical (unpaired) electrons. The van der Waals surface area contributed by atoms with Crippen LogP contribution in [0.25, 0.3) is 0 Å². The second-order valence-electron chi connectivity index (χ2n) is 5.48. The average Bonchev–Trinajstić information content (AvgIpc) is 3.00. The number of rotatable bonds is 3. The van der Waals surface area contributed by atoms with Crippen LogP contribution in [-0.4, -0.2) is 66.8 Å². The highest BCUT2D eigenvalue weighted by molar-refractivity contribution is 6.34. The Hall–Kier alpha value is -2.32. The molecule has 3 amide bonds. The van der Waals surface area contributed by atoms with E-state index in [1.54, 1.807) is 6.07 Å². The minimum Gasteiger partial charge on any atom is -0.480 e. The fraction of sp³-hybridized carbons (Fsp3) is 0.400. The van der Waals surface area contributed by atoms with Gasteiger partial charge in [0.25, 0.3) is 5.91 Å². The van der Waals surface area contributed by atoms with Crippen molar-refractivity contribution in [3.8, 4) is 0 Å². The Morgan fingerprint density at radius 3 is 2.79 bits per heavy atom. The Kier molecular flexibility index (Phi) is 4.59. The van der Waals surface area contributed by atoms with Crippen molar-refractivity contribution >= 4 is 35.2 Å². The van der Waals surface area contributed by atoms with Crippen molar-refractivity contribution in [2.75, 3.05) is 37.7 Å². The molecule has 0 spiro atoms. The first-order chi connectivity index (χ1) is 11.5. The van der Waals surface area contributed by atoms with E-state index in [1.807, 2.05) is 0 Å². The first-order valence-corrected chi connectivity index (χ1v) is 7.83. The molecule has 2 heterocycles. The number of nitrogens with zero attached hydrogens (tertiary/aromatic N) is 2. The van der Waals surface area contributed by atoms with Crippen LogP contribution in [0.1, 0.15) is 10.4 Å². The first kappa shape index (κ1) is 16.5. The summed E-state index contributed by atoms with van der Waals surface area (Å²) in [6.45, 7) is 1.38. The number of halogens is 1. The average molecular weight is 354 g/mol. The number of benzene rings is 1. The number of nitrogens with one attached hydrogen (secondary N) is 1. The van der Waals surface area contributed by atoms with Gasteiger partial charge in [-0.25, -0.2) is 9.59 Å². The van der Waals surface area contributed by atoms with Gasteiger partial charge < -0.3 is 20.1 Å². The standard InChI is InChI=1S/C15H16ClN3O5/c16-11-2-1-9(18-4-3-17-15(18)23)7-10(11)13(20)19-5-6-24-8-12(19)14(21)22/h1-2,7,12H,3-6,8H2,(H,17,23)(H,21,22). The molecule has 0 aromatic heterocycles. The molecule has 0 bridgehead atoms. The van der Waals surface area contributed by atoms with E-state index in [4.69, 9.17) is 16.3 Å². The van der Waals surface area contributed by atoms with Gasteiger partial charge in [0, 0.05) is 25.3 Å². The lowest BCUT2D eigenvalue weighted by Crippen LogP contribution is -2.52. The third-order valence-corrected chi connectivity index (χ3v) is 4.35. The lowest BCUT2D eigenvalue weighted by Gasteiger charge is -2.33. The van der Waals surface area contributed by atoms with E-state index >= 15 is 0 Å². The molecule has 0 aliphatic carbocycles. The van der Waals surface area contributed by atoms with Gasteiger partial charge in [0.1, 0.15) is 0 Å². The normalized spacial score (nSPS) is 20.9. The maximum atomic E-state index is 12.8. The Bertz CT molecular complexity index is 696. The molecule has 0 saturated carbocycles. The van der Waals surface area contributed by atoms with Crippen molar-refractivity contribution in [1.82, 2.24) is 10.2 Å². The molecule has 3 rings (SSSR count). The number of morpholine rings is 1. The van der Waals surface area contributed by atoms with Gasteiger partial charge in [0.05, 0.1) is 23.8 Å². The van der Waals surface area contributed by atoms with Crippen LogP contribution in [0.2, 0.25) is 5.02 Å². The topological polar surface area (TPSA) is 99.2 Å². The first-order valence-electron chi connectivity index (χ1n) is 7.45. The van der Waals surface area contributed by atoms with Crippen LogP contribution in [0.3, 0.4) is 0 Å². The van der Waals surface area contributed by atoms with Crippen LogP contribution in [0.15, 0.2) is 18.2 Å². The fourth-order valence-electron chi connectivity index (χ4n) is 2.77. The largest absolute Gasteiger partial charge is 0.480 e. The van der Waals surface area contributed by atoms with Crippen molar-refractivity contribution in [2.45, 2.75) is 6.04 Å². The van der Waals surface area contributed by atoms with Crippen molar-refractivity contribution in [2.24, 2.45) is 0 Å². The lowest BCUT2D eigenvalue weighted by molar-refractivity contribution is -0.147. The third kappa shape index (κ3) is 3.02. The number of carbonyl (C=O) groups is 3. The highest BCUT2D eigenvalue weighted by Crippen LogP contribution is 2.26. The molecule has 2 fully saturated rings. The van der Waals surface area contributed by atoms with Gasteiger partial charge in [0.2, 0.25) is 0 Å². The van der Waals surface area contributed by atoms with Gasteiger partial charge in [-0.05, 0) is 18.2 Å². The molecule has 9 heteroatoms. The van der Waals surface area contributed by atoms with E-state index in [0.29, 0.717) is 18.8 Å². The number of hydrogen-bond donors (Lipinski definition) is 2. The monoisotopic (exact) mass is 353 g/mol. The van der Waals surface area contributed by atoms with Crippen LogP contribution in [-0.2, 0) is 9.53 Å². The molecule has 2 aliphatic rings. The van der Waals surface area contributed by atoms with E-state index in [0.717, 1.165) is 0 Å². The van der Waals surface area contributed by atoms with Crippen LogP contribution < -0.4 is 10.2 Å². The fourth-order valence-corrected chi connectivity index (χ4v) is 2.97. The molecule has 24 heavy (non-hydrogen) atoms. The predicted octanol–water partition coefficient (Wildman–Crippen LogP) is 0.795. The number of ether oxygens (including phenoxy) is 1. The van der Waals surface area contributed by atoms with Crippen LogP contribution >= 0.6 is 11.6 Å². The van der Waals surface area contributed by atoms with Gasteiger partial charge in [-0.15, -0.1) is 0 Å². The Morgan fingerprint density at radius 1 is 1.33 bits per heavy atom. The molecule has 2 aliphatic heterocycles. The van der Waals surface area contributed by atoms with Crippen LogP contribution in [0.4, 0.5) is 10.5 Å². The number of hydrogen-bond acceptors (Lipinski definition) is 4. The van der Waals surface area contributed by atoms with E-state index in [-0.39, 0.29) is 36.4 Å². The van der Waals surface area contributed by atoms with Gasteiger partial charge >= 0.3 is 12.0 Å². The molecule has 128 valence electrons. The Balaban J connectivity index is 1.91. The van der Waals surface area contributed by atoms with E-state index in [2.05, 4.69) is 5.32 Å². The zero-order valence-electron chi connectivity index (χ0n) is 12.7. The van der Waals surface area contributed by atoms with Crippen molar-refractivity contribution in [3.05, 3.63) is 28.8 Å². The zero-order chi connectivity index (χ0) is 17.3. The molecule has 2 N–H and O–H groups in total. The van der Waals surface area contributed by atoms with E-state index in [1.165, 1.54) is 21.9 Å². The maximum Gasteiger partial charge on any atom is 0.328 e. The SMILES string of the molecule is O=C(O)C1COCCN1C(=O)c1cc(N2CCNC2=O)ccc1Cl. The summed E-state index contributed by atoms with van der Waals surface area (Å²) in [5, 5.41) is 12.2. The van der Waals surface area contributed by atoms with E-state index < -0.39 is 17.9 Å². The minimum atomic E-state index is -1.13. The number of amides is 3. The second kappa shape index (κ2) is 6.66. The van der Waals surface area contributed by atoms with Crippen molar-refractivity contribution in [1.29, 1.82) is 0 Å². The van der Waals surface area contributed by atoms with Gasteiger partial charge in [-0.2, -0.15) is 0 Å². The molecule has 1 atom stereocenters. The number of aliphatic carboxylic acids is 1. The summed E-state index contributed by atoms with van der Waals surface area (Å²) in [6.07, 6.45) is 0. The van der Waals surface area contributed by atoms with Gasteiger partial charge in [-0.3, -0.25) is 9.69 Å². The maximum absolute atomic E-state index is 12.8. The Morgan fingerprint density at radius 2 is 2.12 bits per heavy atom. The number of anilines is 1. The number of urea groups is 1. The lowest BCUT2D eigenvalue weighted by atomic mass is 10.1.